The first-order valence-electron chi connectivity index (χ1n) is 8.54. The van der Waals surface area contributed by atoms with Gasteiger partial charge in [0.25, 0.3) is 0 Å². The highest BCUT2D eigenvalue weighted by atomic mass is 79.9. The van der Waals surface area contributed by atoms with Crippen molar-refractivity contribution in [1.82, 2.24) is 20.2 Å². The zero-order valence-corrected chi connectivity index (χ0v) is 16.3. The minimum atomic E-state index is -0.401. The molecule has 1 aromatic carbocycles. The third-order valence-corrected chi connectivity index (χ3v) is 5.65. The molecule has 1 aliphatic heterocycles. The highest BCUT2D eigenvalue weighted by molar-refractivity contribution is 9.10. The van der Waals surface area contributed by atoms with Crippen molar-refractivity contribution in [2.24, 2.45) is 5.73 Å². The number of aromatic nitrogens is 4. The molecular formula is C18H18BrN7O. The average molecular weight is 428 g/mol. The normalized spacial score (nSPS) is 16.3. The fourth-order valence-electron chi connectivity index (χ4n) is 3.42. The van der Waals surface area contributed by atoms with E-state index in [1.165, 1.54) is 0 Å². The number of piperidine rings is 1. The van der Waals surface area contributed by atoms with Crippen LogP contribution in [0.25, 0.3) is 11.0 Å². The second-order valence-corrected chi connectivity index (χ2v) is 7.34. The molecule has 138 valence electrons. The molecule has 1 fully saturated rings. The minimum Gasteiger partial charge on any atom is -0.497 e. The molecule has 2 aromatic heterocycles. The average Bonchev–Trinajstić information content (AvgIpc) is 3.09. The minimum absolute atomic E-state index is 0.301. The van der Waals surface area contributed by atoms with E-state index in [0.717, 1.165) is 24.2 Å². The van der Waals surface area contributed by atoms with Crippen LogP contribution in [0.1, 0.15) is 24.1 Å². The lowest BCUT2D eigenvalue weighted by Crippen LogP contribution is -2.48. The maximum atomic E-state index is 9.42. The summed E-state index contributed by atoms with van der Waals surface area (Å²) in [5.41, 5.74) is 8.22. The van der Waals surface area contributed by atoms with Gasteiger partial charge in [-0.3, -0.25) is 5.10 Å². The Hall–Kier alpha value is -2.70. The number of halogens is 1. The molecule has 0 spiro atoms. The van der Waals surface area contributed by atoms with Crippen molar-refractivity contribution in [1.29, 1.82) is 5.26 Å². The van der Waals surface area contributed by atoms with Gasteiger partial charge >= 0.3 is 0 Å². The van der Waals surface area contributed by atoms with Gasteiger partial charge < -0.3 is 15.4 Å². The first-order valence-corrected chi connectivity index (χ1v) is 9.33. The maximum absolute atomic E-state index is 9.42. The lowest BCUT2D eigenvalue weighted by Gasteiger charge is -2.39. The molecule has 9 heteroatoms. The number of nitrogens with one attached hydrogen (secondary N) is 1. The number of methoxy groups -OCH3 is 1. The monoisotopic (exact) mass is 427 g/mol. The summed E-state index contributed by atoms with van der Waals surface area (Å²) in [5.74, 6) is 1.34. The van der Waals surface area contributed by atoms with Gasteiger partial charge in [-0.05, 0) is 46.5 Å². The van der Waals surface area contributed by atoms with Crippen molar-refractivity contribution in [2.75, 3.05) is 25.1 Å². The Morgan fingerprint density at radius 1 is 1.26 bits per heavy atom. The van der Waals surface area contributed by atoms with E-state index in [9.17, 15) is 5.26 Å². The number of rotatable bonds is 3. The van der Waals surface area contributed by atoms with E-state index in [0.29, 0.717) is 40.4 Å². The number of aromatic amines is 1. The van der Waals surface area contributed by atoms with Gasteiger partial charge in [0.1, 0.15) is 16.4 Å². The van der Waals surface area contributed by atoms with Gasteiger partial charge in [-0.15, -0.1) is 0 Å². The zero-order chi connectivity index (χ0) is 19.0. The Kier molecular flexibility index (Phi) is 4.45. The lowest BCUT2D eigenvalue weighted by atomic mass is 9.82. The number of hydrogen-bond acceptors (Lipinski definition) is 7. The number of ether oxygens (including phenoxy) is 1. The molecule has 0 unspecified atom stereocenters. The fraction of sp³-hybridized carbons (Fsp3) is 0.333. The van der Waals surface area contributed by atoms with Crippen LogP contribution in [-0.2, 0) is 5.54 Å². The van der Waals surface area contributed by atoms with Crippen LogP contribution in [0, 0.1) is 11.3 Å². The van der Waals surface area contributed by atoms with Gasteiger partial charge in [0, 0.05) is 18.6 Å². The van der Waals surface area contributed by atoms with Crippen LogP contribution in [-0.4, -0.2) is 40.4 Å². The molecule has 0 bridgehead atoms. The molecule has 0 aliphatic carbocycles. The van der Waals surface area contributed by atoms with Crippen molar-refractivity contribution in [2.45, 2.75) is 18.4 Å². The number of anilines is 1. The van der Waals surface area contributed by atoms with Crippen molar-refractivity contribution in [3.8, 4) is 11.8 Å². The molecule has 1 saturated heterocycles. The van der Waals surface area contributed by atoms with E-state index in [1.807, 2.05) is 24.3 Å². The first kappa shape index (κ1) is 17.7. The molecule has 27 heavy (non-hydrogen) atoms. The van der Waals surface area contributed by atoms with Gasteiger partial charge in [0.2, 0.25) is 5.95 Å². The van der Waals surface area contributed by atoms with Gasteiger partial charge in [-0.1, -0.05) is 12.1 Å². The highest BCUT2D eigenvalue weighted by Crippen LogP contribution is 2.33. The molecule has 4 rings (SSSR count). The first-order chi connectivity index (χ1) is 13.0. The summed E-state index contributed by atoms with van der Waals surface area (Å²) in [7, 11) is 1.65. The molecule has 0 atom stereocenters. The Bertz CT molecular complexity index is 1020. The summed E-state index contributed by atoms with van der Waals surface area (Å²) in [6.45, 7) is 1.41. The number of nitrogens with two attached hydrogens (primary N) is 1. The molecule has 3 N–H and O–H groups in total. The quantitative estimate of drug-likeness (QED) is 0.658. The van der Waals surface area contributed by atoms with E-state index >= 15 is 0 Å². The second-order valence-electron chi connectivity index (χ2n) is 6.59. The summed E-state index contributed by atoms with van der Waals surface area (Å²) in [5, 5.41) is 16.9. The number of H-pyrrole nitrogens is 1. The fourth-order valence-corrected chi connectivity index (χ4v) is 3.89. The predicted molar refractivity (Wildman–Crippen MR) is 104 cm³/mol. The third kappa shape index (κ3) is 3.11. The lowest BCUT2D eigenvalue weighted by molar-refractivity contribution is 0.340. The smallest absolute Gasteiger partial charge is 0.228 e. The maximum Gasteiger partial charge on any atom is 0.228 e. The topological polar surface area (TPSA) is 117 Å². The van der Waals surface area contributed by atoms with Gasteiger partial charge in [-0.2, -0.15) is 15.3 Å². The van der Waals surface area contributed by atoms with Crippen LogP contribution in [0.5, 0.6) is 5.75 Å². The van der Waals surface area contributed by atoms with Crippen molar-refractivity contribution in [3.63, 3.8) is 0 Å². The Labute approximate surface area is 164 Å². The van der Waals surface area contributed by atoms with Crippen LogP contribution < -0.4 is 15.4 Å². The van der Waals surface area contributed by atoms with Crippen molar-refractivity contribution in [3.05, 3.63) is 40.1 Å². The summed E-state index contributed by atoms with van der Waals surface area (Å²) < 4.78 is 5.76. The summed E-state index contributed by atoms with van der Waals surface area (Å²) in [6.07, 6.45) is 1.52. The van der Waals surface area contributed by atoms with Crippen LogP contribution in [0.2, 0.25) is 0 Å². The molecule has 8 nitrogen and oxygen atoms in total. The standard InChI is InChI=1S/C18H18BrN7O/c1-27-12-4-2-11(3-5-12)18(21)6-8-26(9-7-18)17-22-13(10-20)14-15(19)24-25-16(14)23-17/h2-5H,6-9,21H2,1H3,(H,22,23,24,25). The number of nitriles is 1. The molecule has 0 amide bonds. The molecule has 3 aromatic rings. The van der Waals surface area contributed by atoms with Crippen molar-refractivity contribution < 1.29 is 4.74 Å². The van der Waals surface area contributed by atoms with E-state index in [4.69, 9.17) is 10.5 Å². The summed E-state index contributed by atoms with van der Waals surface area (Å²) in [4.78, 5) is 11.0. The molecule has 0 radical (unpaired) electrons. The predicted octanol–water partition coefficient (Wildman–Crippen LogP) is 2.45. The van der Waals surface area contributed by atoms with Crippen LogP contribution in [0.15, 0.2) is 28.9 Å². The Balaban J connectivity index is 1.57. The van der Waals surface area contributed by atoms with E-state index in [2.05, 4.69) is 47.1 Å². The molecule has 3 heterocycles. The highest BCUT2D eigenvalue weighted by Gasteiger charge is 2.33. The SMILES string of the molecule is COc1ccc(C2(N)CCN(c3nc(C#N)c4c(Br)n[nH]c4n3)CC2)cc1. The van der Waals surface area contributed by atoms with Gasteiger partial charge in [-0.25, -0.2) is 4.98 Å². The molecule has 1 aliphatic rings. The number of benzene rings is 1. The number of nitrogens with zero attached hydrogens (tertiary/aromatic N) is 5. The van der Waals surface area contributed by atoms with Crippen LogP contribution in [0.4, 0.5) is 5.95 Å². The number of fused-ring (bicyclic) bond motifs is 1. The zero-order valence-electron chi connectivity index (χ0n) is 14.7. The van der Waals surface area contributed by atoms with Crippen LogP contribution >= 0.6 is 15.9 Å². The summed E-state index contributed by atoms with van der Waals surface area (Å²) >= 11 is 3.32. The largest absolute Gasteiger partial charge is 0.497 e. The molecule has 0 saturated carbocycles. The Morgan fingerprint density at radius 2 is 1.96 bits per heavy atom. The second kappa shape index (κ2) is 6.79. The molecular weight excluding hydrogens is 410 g/mol. The van der Waals surface area contributed by atoms with E-state index in [1.54, 1.807) is 7.11 Å². The summed E-state index contributed by atoms with van der Waals surface area (Å²) in [6, 6.07) is 10.0. The Morgan fingerprint density at radius 3 is 2.59 bits per heavy atom. The van der Waals surface area contributed by atoms with E-state index in [-0.39, 0.29) is 0 Å². The third-order valence-electron chi connectivity index (χ3n) is 5.07. The van der Waals surface area contributed by atoms with Gasteiger partial charge in [0.05, 0.1) is 12.5 Å². The van der Waals surface area contributed by atoms with Crippen LogP contribution in [0.3, 0.4) is 0 Å². The van der Waals surface area contributed by atoms with E-state index < -0.39 is 5.54 Å². The van der Waals surface area contributed by atoms with Crippen molar-refractivity contribution >= 4 is 32.9 Å². The number of hydrogen-bond donors (Lipinski definition) is 2. The van der Waals surface area contributed by atoms with Gasteiger partial charge in [0.15, 0.2) is 11.3 Å².